The third-order valence-corrected chi connectivity index (χ3v) is 4.56. The van der Waals surface area contributed by atoms with Crippen LogP contribution >= 0.6 is 0 Å². The van der Waals surface area contributed by atoms with Crippen molar-refractivity contribution < 1.29 is 14.6 Å². The summed E-state index contributed by atoms with van der Waals surface area (Å²) in [6.45, 7) is 5.38. The number of aromatic nitrogens is 2. The lowest BCUT2D eigenvalue weighted by molar-refractivity contribution is 0.0719. The summed E-state index contributed by atoms with van der Waals surface area (Å²) >= 11 is 0. The molecule has 28 heavy (non-hydrogen) atoms. The number of aliphatic hydroxyl groups is 1. The second kappa shape index (κ2) is 9.37. The minimum atomic E-state index is -0.0869. The van der Waals surface area contributed by atoms with Crippen molar-refractivity contribution in [3.63, 3.8) is 0 Å². The van der Waals surface area contributed by atoms with Gasteiger partial charge in [0, 0.05) is 31.0 Å². The molecular weight excluding hydrogens is 354 g/mol. The van der Waals surface area contributed by atoms with Crippen molar-refractivity contribution in [3.05, 3.63) is 65.6 Å². The van der Waals surface area contributed by atoms with Crippen molar-refractivity contribution in [2.45, 2.75) is 33.3 Å². The maximum atomic E-state index is 12.8. The summed E-state index contributed by atoms with van der Waals surface area (Å²) in [4.78, 5) is 19.0. The molecule has 1 aromatic carbocycles. The van der Waals surface area contributed by atoms with Crippen LogP contribution in [-0.2, 0) is 6.61 Å². The molecule has 2 heterocycles. The Morgan fingerprint density at radius 3 is 2.86 bits per heavy atom. The first-order valence-corrected chi connectivity index (χ1v) is 9.68. The number of imidazole rings is 1. The number of hydrogen-bond donors (Lipinski definition) is 1. The molecule has 1 N–H and O–H groups in total. The van der Waals surface area contributed by atoms with Crippen molar-refractivity contribution in [1.29, 1.82) is 0 Å². The zero-order chi connectivity index (χ0) is 19.9. The van der Waals surface area contributed by atoms with Gasteiger partial charge < -0.3 is 19.1 Å². The summed E-state index contributed by atoms with van der Waals surface area (Å²) < 4.78 is 7.85. The predicted octanol–water partition coefficient (Wildman–Crippen LogP) is 3.46. The van der Waals surface area contributed by atoms with Gasteiger partial charge >= 0.3 is 0 Å². The highest BCUT2D eigenvalue weighted by Crippen LogP contribution is 2.17. The van der Waals surface area contributed by atoms with Crippen LogP contribution in [-0.4, -0.2) is 45.0 Å². The topological polar surface area (TPSA) is 67.1 Å². The molecule has 0 saturated heterocycles. The molecule has 0 aliphatic carbocycles. The fourth-order valence-electron chi connectivity index (χ4n) is 3.07. The lowest BCUT2D eigenvalue weighted by Crippen LogP contribution is -2.34. The van der Waals surface area contributed by atoms with E-state index in [4.69, 9.17) is 4.74 Å². The van der Waals surface area contributed by atoms with Crippen molar-refractivity contribution >= 4 is 11.6 Å². The van der Waals surface area contributed by atoms with E-state index >= 15 is 0 Å². The van der Waals surface area contributed by atoms with E-state index in [9.17, 15) is 9.90 Å². The summed E-state index contributed by atoms with van der Waals surface area (Å²) in [6, 6.07) is 11.2. The zero-order valence-corrected chi connectivity index (χ0v) is 16.5. The van der Waals surface area contributed by atoms with Crippen LogP contribution in [0.3, 0.4) is 0 Å². The Labute approximate surface area is 165 Å². The van der Waals surface area contributed by atoms with E-state index < -0.39 is 0 Å². The average Bonchev–Trinajstić information content (AvgIpc) is 3.11. The Balaban J connectivity index is 1.68. The van der Waals surface area contributed by atoms with Gasteiger partial charge in [0.15, 0.2) is 0 Å². The Morgan fingerprint density at radius 2 is 2.07 bits per heavy atom. The van der Waals surface area contributed by atoms with Crippen LogP contribution in [0.4, 0.5) is 0 Å². The van der Waals surface area contributed by atoms with E-state index in [0.29, 0.717) is 31.0 Å². The molecule has 6 heteroatoms. The molecule has 0 spiro atoms. The molecular formula is C22H27N3O3. The van der Waals surface area contributed by atoms with Gasteiger partial charge in [0.05, 0.1) is 12.3 Å². The summed E-state index contributed by atoms with van der Waals surface area (Å²) in [5, 5.41) is 9.25. The molecule has 3 rings (SSSR count). The third-order valence-electron chi connectivity index (χ3n) is 4.56. The van der Waals surface area contributed by atoms with E-state index in [0.717, 1.165) is 24.2 Å². The molecule has 0 aliphatic rings. The smallest absolute Gasteiger partial charge is 0.254 e. The maximum absolute atomic E-state index is 12.8. The molecule has 1 amide bonds. The Hall–Kier alpha value is -2.86. The van der Waals surface area contributed by atoms with Gasteiger partial charge in [-0.15, -0.1) is 0 Å². The van der Waals surface area contributed by atoms with E-state index in [-0.39, 0.29) is 12.5 Å². The molecule has 2 aromatic heterocycles. The number of unbranched alkanes of at least 4 members (excludes halogenated alkanes) is 1. The van der Waals surface area contributed by atoms with Crippen LogP contribution in [0.1, 0.15) is 41.4 Å². The number of amides is 1. The number of hydrogen-bond acceptors (Lipinski definition) is 4. The van der Waals surface area contributed by atoms with Crippen molar-refractivity contribution in [3.8, 4) is 5.75 Å². The van der Waals surface area contributed by atoms with E-state index in [1.54, 1.807) is 17.0 Å². The summed E-state index contributed by atoms with van der Waals surface area (Å²) in [6.07, 6.45) is 5.88. The number of ether oxygens (including phenoxy) is 1. The van der Waals surface area contributed by atoms with E-state index in [2.05, 4.69) is 11.9 Å². The van der Waals surface area contributed by atoms with Crippen LogP contribution in [0.15, 0.2) is 48.8 Å². The van der Waals surface area contributed by atoms with Gasteiger partial charge in [-0.1, -0.05) is 25.5 Å². The quantitative estimate of drug-likeness (QED) is 0.616. The monoisotopic (exact) mass is 381 g/mol. The van der Waals surface area contributed by atoms with Gasteiger partial charge in [-0.25, -0.2) is 4.98 Å². The normalized spacial score (nSPS) is 11.0. The van der Waals surface area contributed by atoms with Gasteiger partial charge in [-0.05, 0) is 43.2 Å². The Bertz CT molecular complexity index is 936. The van der Waals surface area contributed by atoms with Crippen molar-refractivity contribution in [2.75, 3.05) is 19.7 Å². The van der Waals surface area contributed by atoms with Crippen LogP contribution < -0.4 is 4.74 Å². The van der Waals surface area contributed by atoms with Gasteiger partial charge in [-0.2, -0.15) is 0 Å². The van der Waals surface area contributed by atoms with Crippen molar-refractivity contribution in [2.24, 2.45) is 0 Å². The SMILES string of the molecule is CCCCN(CCO)C(=O)c1cccc(OCc2cn3cc(C)ccc3n2)c1. The number of pyridine rings is 1. The zero-order valence-electron chi connectivity index (χ0n) is 16.5. The molecule has 0 atom stereocenters. The Morgan fingerprint density at radius 1 is 1.21 bits per heavy atom. The van der Waals surface area contributed by atoms with Gasteiger partial charge in [0.2, 0.25) is 0 Å². The molecule has 3 aromatic rings. The largest absolute Gasteiger partial charge is 0.487 e. The average molecular weight is 381 g/mol. The lowest BCUT2D eigenvalue weighted by Gasteiger charge is -2.21. The number of rotatable bonds is 9. The lowest BCUT2D eigenvalue weighted by atomic mass is 10.1. The van der Waals surface area contributed by atoms with Gasteiger partial charge in [0.25, 0.3) is 5.91 Å². The predicted molar refractivity (Wildman–Crippen MR) is 109 cm³/mol. The maximum Gasteiger partial charge on any atom is 0.254 e. The van der Waals surface area contributed by atoms with E-state index in [1.807, 2.05) is 48.0 Å². The molecule has 0 aliphatic heterocycles. The minimum absolute atomic E-state index is 0.0427. The molecule has 6 nitrogen and oxygen atoms in total. The van der Waals surface area contributed by atoms with Crippen LogP contribution in [0, 0.1) is 6.92 Å². The number of aliphatic hydroxyl groups excluding tert-OH is 1. The fraction of sp³-hybridized carbons (Fsp3) is 0.364. The minimum Gasteiger partial charge on any atom is -0.487 e. The first-order valence-electron chi connectivity index (χ1n) is 9.68. The number of carbonyl (C=O) groups excluding carboxylic acids is 1. The number of carbonyl (C=O) groups is 1. The highest BCUT2D eigenvalue weighted by molar-refractivity contribution is 5.94. The summed E-state index contributed by atoms with van der Waals surface area (Å²) in [5.41, 5.74) is 3.43. The number of benzene rings is 1. The third kappa shape index (κ3) is 4.89. The fourth-order valence-corrected chi connectivity index (χ4v) is 3.07. The molecule has 0 bridgehead atoms. The number of nitrogens with zero attached hydrogens (tertiary/aromatic N) is 3. The molecule has 0 fully saturated rings. The molecule has 0 saturated carbocycles. The second-order valence-corrected chi connectivity index (χ2v) is 6.89. The number of aryl methyl sites for hydroxylation is 1. The van der Waals surface area contributed by atoms with Gasteiger partial charge in [-0.3, -0.25) is 4.79 Å². The highest BCUT2D eigenvalue weighted by atomic mass is 16.5. The van der Waals surface area contributed by atoms with Gasteiger partial charge in [0.1, 0.15) is 18.0 Å². The summed E-state index contributed by atoms with van der Waals surface area (Å²) in [7, 11) is 0. The first kappa shape index (κ1) is 19.9. The first-order chi connectivity index (χ1) is 13.6. The second-order valence-electron chi connectivity index (χ2n) is 6.89. The Kier molecular flexibility index (Phi) is 6.66. The van der Waals surface area contributed by atoms with Crippen LogP contribution in [0.5, 0.6) is 5.75 Å². The molecule has 148 valence electrons. The van der Waals surface area contributed by atoms with Crippen LogP contribution in [0.2, 0.25) is 0 Å². The molecule has 0 unspecified atom stereocenters. The van der Waals surface area contributed by atoms with Crippen molar-refractivity contribution in [1.82, 2.24) is 14.3 Å². The molecule has 0 radical (unpaired) electrons. The highest BCUT2D eigenvalue weighted by Gasteiger charge is 2.15. The summed E-state index contributed by atoms with van der Waals surface area (Å²) in [5.74, 6) is 0.537. The number of fused-ring (bicyclic) bond motifs is 1. The standard InChI is InChI=1S/C22H27N3O3/c1-3-4-10-24(11-12-26)22(27)18-6-5-7-20(13-18)28-16-19-15-25-14-17(2)8-9-21(25)23-19/h5-9,13-15,26H,3-4,10-12,16H2,1-2H3. The van der Waals surface area contributed by atoms with Crippen LogP contribution in [0.25, 0.3) is 5.65 Å². The van der Waals surface area contributed by atoms with E-state index in [1.165, 1.54) is 5.56 Å².